The van der Waals surface area contributed by atoms with Crippen molar-refractivity contribution in [2.45, 2.75) is 32.0 Å². The molecule has 0 amide bonds. The van der Waals surface area contributed by atoms with Gasteiger partial charge in [-0.05, 0) is 25.0 Å². The van der Waals surface area contributed by atoms with Gasteiger partial charge in [0.1, 0.15) is 5.82 Å². The third kappa shape index (κ3) is 3.13. The lowest BCUT2D eigenvalue weighted by Crippen LogP contribution is -2.17. The summed E-state index contributed by atoms with van der Waals surface area (Å²) >= 11 is 0. The predicted molar refractivity (Wildman–Crippen MR) is 78.9 cm³/mol. The third-order valence-electron chi connectivity index (χ3n) is 4.23. The number of esters is 1. The maximum atomic E-state index is 12.9. The van der Waals surface area contributed by atoms with E-state index in [-0.39, 0.29) is 11.9 Å². The van der Waals surface area contributed by atoms with Crippen LogP contribution in [-0.4, -0.2) is 27.8 Å². The van der Waals surface area contributed by atoms with Crippen LogP contribution in [0.5, 0.6) is 0 Å². The third-order valence-corrected chi connectivity index (χ3v) is 4.23. The van der Waals surface area contributed by atoms with Gasteiger partial charge in [0.15, 0.2) is 5.82 Å². The highest BCUT2D eigenvalue weighted by Crippen LogP contribution is 2.32. The number of fused-ring (bicyclic) bond motifs is 1. The number of alkyl halides is 3. The average molecular weight is 339 g/mol. The molecule has 2 heterocycles. The van der Waals surface area contributed by atoms with Gasteiger partial charge >= 0.3 is 12.1 Å². The van der Waals surface area contributed by atoms with Crippen LogP contribution in [0.25, 0.3) is 11.4 Å². The molecule has 0 radical (unpaired) electrons. The minimum atomic E-state index is -4.41. The van der Waals surface area contributed by atoms with E-state index in [1.807, 2.05) is 0 Å². The van der Waals surface area contributed by atoms with Crippen molar-refractivity contribution in [3.05, 3.63) is 35.7 Å². The van der Waals surface area contributed by atoms with Crippen LogP contribution in [0.1, 0.15) is 24.2 Å². The van der Waals surface area contributed by atoms with E-state index in [1.165, 1.54) is 13.2 Å². The molecule has 0 saturated heterocycles. The van der Waals surface area contributed by atoms with E-state index in [0.717, 1.165) is 12.1 Å². The molecule has 0 bridgehead atoms. The fraction of sp³-hybridized carbons (Fsp3) is 0.438. The van der Waals surface area contributed by atoms with Crippen molar-refractivity contribution in [2.24, 2.45) is 5.92 Å². The summed E-state index contributed by atoms with van der Waals surface area (Å²) in [6.45, 7) is 0.466. The topological polar surface area (TPSA) is 57.0 Å². The van der Waals surface area contributed by atoms with Crippen LogP contribution in [0.2, 0.25) is 0 Å². The van der Waals surface area contributed by atoms with Crippen LogP contribution in [0, 0.1) is 5.92 Å². The summed E-state index contributed by atoms with van der Waals surface area (Å²) < 4.78 is 45.3. The first kappa shape index (κ1) is 16.5. The molecule has 1 aromatic carbocycles. The summed E-state index contributed by atoms with van der Waals surface area (Å²) in [5.41, 5.74) is -0.362. The van der Waals surface area contributed by atoms with Crippen molar-refractivity contribution < 1.29 is 22.7 Å². The van der Waals surface area contributed by atoms with E-state index in [9.17, 15) is 18.0 Å². The van der Waals surface area contributed by atoms with Crippen molar-refractivity contribution in [1.82, 2.24) is 14.8 Å². The standard InChI is InChI=1S/C16H16F3N3O2/c1-24-15(23)10-5-6-13-20-21-14(22(13)8-7-10)11-3-2-4-12(9-11)16(17,18)19/h2-4,9-10H,5-8H2,1H3. The fourth-order valence-corrected chi connectivity index (χ4v) is 2.94. The Morgan fingerprint density at radius 3 is 2.79 bits per heavy atom. The predicted octanol–water partition coefficient (Wildman–Crippen LogP) is 3.09. The lowest BCUT2D eigenvalue weighted by molar-refractivity contribution is -0.146. The highest BCUT2D eigenvalue weighted by atomic mass is 19.4. The second kappa shape index (κ2) is 6.26. The molecular formula is C16H16F3N3O2. The molecule has 1 unspecified atom stereocenters. The zero-order valence-corrected chi connectivity index (χ0v) is 13.0. The normalized spacial score (nSPS) is 17.9. The Hall–Kier alpha value is -2.38. The molecule has 5 nitrogen and oxygen atoms in total. The number of hydrogen-bond donors (Lipinski definition) is 0. The number of benzene rings is 1. The zero-order chi connectivity index (χ0) is 17.3. The number of nitrogens with zero attached hydrogens (tertiary/aromatic N) is 3. The van der Waals surface area contributed by atoms with Gasteiger partial charge in [0.05, 0.1) is 18.6 Å². The van der Waals surface area contributed by atoms with Crippen molar-refractivity contribution in [2.75, 3.05) is 7.11 Å². The zero-order valence-electron chi connectivity index (χ0n) is 13.0. The van der Waals surface area contributed by atoms with Crippen LogP contribution in [0.4, 0.5) is 13.2 Å². The largest absolute Gasteiger partial charge is 0.469 e. The highest BCUT2D eigenvalue weighted by molar-refractivity contribution is 5.72. The van der Waals surface area contributed by atoms with Gasteiger partial charge in [-0.2, -0.15) is 13.2 Å². The molecule has 1 aliphatic rings. The van der Waals surface area contributed by atoms with Crippen LogP contribution in [-0.2, 0) is 28.7 Å². The SMILES string of the molecule is COC(=O)C1CCc2nnc(-c3cccc(C(F)(F)F)c3)n2CC1. The summed E-state index contributed by atoms with van der Waals surface area (Å²) in [4.78, 5) is 11.7. The number of methoxy groups -OCH3 is 1. The van der Waals surface area contributed by atoms with Crippen molar-refractivity contribution >= 4 is 5.97 Å². The number of carbonyl (C=O) groups is 1. The number of hydrogen-bond acceptors (Lipinski definition) is 4. The van der Waals surface area contributed by atoms with E-state index in [0.29, 0.717) is 43.0 Å². The second-order valence-corrected chi connectivity index (χ2v) is 5.72. The van der Waals surface area contributed by atoms with Crippen LogP contribution < -0.4 is 0 Å². The van der Waals surface area contributed by atoms with Crippen molar-refractivity contribution in [1.29, 1.82) is 0 Å². The number of halogens is 3. The molecule has 1 aliphatic heterocycles. The van der Waals surface area contributed by atoms with E-state index in [1.54, 1.807) is 10.6 Å². The van der Waals surface area contributed by atoms with Crippen LogP contribution in [0.3, 0.4) is 0 Å². The number of aryl methyl sites for hydroxylation is 1. The monoisotopic (exact) mass is 339 g/mol. The lowest BCUT2D eigenvalue weighted by Gasteiger charge is -2.12. The van der Waals surface area contributed by atoms with Gasteiger partial charge in [0, 0.05) is 18.5 Å². The van der Waals surface area contributed by atoms with E-state index in [4.69, 9.17) is 4.74 Å². The molecule has 1 atom stereocenters. The highest BCUT2D eigenvalue weighted by Gasteiger charge is 2.31. The second-order valence-electron chi connectivity index (χ2n) is 5.72. The molecule has 24 heavy (non-hydrogen) atoms. The van der Waals surface area contributed by atoms with Crippen LogP contribution >= 0.6 is 0 Å². The van der Waals surface area contributed by atoms with Gasteiger partial charge < -0.3 is 9.30 Å². The Morgan fingerprint density at radius 1 is 1.29 bits per heavy atom. The first-order valence-corrected chi connectivity index (χ1v) is 7.57. The van der Waals surface area contributed by atoms with E-state index in [2.05, 4.69) is 10.2 Å². The Balaban J connectivity index is 1.91. The van der Waals surface area contributed by atoms with Gasteiger partial charge in [-0.15, -0.1) is 10.2 Å². The van der Waals surface area contributed by atoms with E-state index < -0.39 is 11.7 Å². The Bertz CT molecular complexity index is 755. The average Bonchev–Trinajstić information content (AvgIpc) is 2.85. The molecule has 0 aliphatic carbocycles. The molecular weight excluding hydrogens is 323 g/mol. The van der Waals surface area contributed by atoms with Crippen LogP contribution in [0.15, 0.2) is 24.3 Å². The molecule has 1 aromatic heterocycles. The molecule has 8 heteroatoms. The minimum Gasteiger partial charge on any atom is -0.469 e. The van der Waals surface area contributed by atoms with Gasteiger partial charge in [-0.1, -0.05) is 12.1 Å². The van der Waals surface area contributed by atoms with Gasteiger partial charge in [0.25, 0.3) is 0 Å². The summed E-state index contributed by atoms with van der Waals surface area (Å²) in [5, 5.41) is 8.14. The molecule has 0 fully saturated rings. The fourth-order valence-electron chi connectivity index (χ4n) is 2.94. The molecule has 3 rings (SSSR count). The summed E-state index contributed by atoms with van der Waals surface area (Å²) in [6, 6.07) is 5.03. The molecule has 128 valence electrons. The first-order chi connectivity index (χ1) is 11.4. The Labute approximate surface area is 136 Å². The number of rotatable bonds is 2. The smallest absolute Gasteiger partial charge is 0.416 e. The maximum Gasteiger partial charge on any atom is 0.416 e. The Kier molecular flexibility index (Phi) is 4.29. The minimum absolute atomic E-state index is 0.231. The number of ether oxygens (including phenoxy) is 1. The molecule has 0 N–H and O–H groups in total. The number of carbonyl (C=O) groups excluding carboxylic acids is 1. The Morgan fingerprint density at radius 2 is 2.08 bits per heavy atom. The lowest BCUT2D eigenvalue weighted by atomic mass is 10.0. The maximum absolute atomic E-state index is 12.9. The molecule has 0 spiro atoms. The quantitative estimate of drug-likeness (QED) is 0.789. The number of aromatic nitrogens is 3. The van der Waals surface area contributed by atoms with Gasteiger partial charge in [0.2, 0.25) is 0 Å². The molecule has 2 aromatic rings. The van der Waals surface area contributed by atoms with Gasteiger partial charge in [-0.3, -0.25) is 4.79 Å². The van der Waals surface area contributed by atoms with Crippen molar-refractivity contribution in [3.63, 3.8) is 0 Å². The molecule has 0 saturated carbocycles. The van der Waals surface area contributed by atoms with Crippen molar-refractivity contribution in [3.8, 4) is 11.4 Å². The van der Waals surface area contributed by atoms with E-state index >= 15 is 0 Å². The first-order valence-electron chi connectivity index (χ1n) is 7.57. The van der Waals surface area contributed by atoms with Gasteiger partial charge in [-0.25, -0.2) is 0 Å². The summed E-state index contributed by atoms with van der Waals surface area (Å²) in [5.74, 6) is 0.566. The summed E-state index contributed by atoms with van der Waals surface area (Å²) in [6.07, 6.45) is -2.74. The summed E-state index contributed by atoms with van der Waals surface area (Å²) in [7, 11) is 1.35.